The molecule has 7 heteroatoms. The van der Waals surface area contributed by atoms with Crippen LogP contribution in [-0.2, 0) is 11.0 Å². The Bertz CT molecular complexity index is 674. The largest absolute Gasteiger partial charge is 0.417 e. The van der Waals surface area contributed by atoms with Crippen LogP contribution in [0.2, 0.25) is 5.02 Å². The second kappa shape index (κ2) is 6.37. The summed E-state index contributed by atoms with van der Waals surface area (Å²) in [5, 5.41) is 11.6. The van der Waals surface area contributed by atoms with Crippen LogP contribution in [0.3, 0.4) is 0 Å². The van der Waals surface area contributed by atoms with Gasteiger partial charge in [-0.25, -0.2) is 0 Å². The lowest BCUT2D eigenvalue weighted by molar-refractivity contribution is -0.137. The zero-order chi connectivity index (χ0) is 16.3. The molecule has 0 aliphatic rings. The van der Waals surface area contributed by atoms with Crippen molar-refractivity contribution in [3.63, 3.8) is 0 Å². The second-order valence-electron chi connectivity index (χ2n) is 4.49. The fourth-order valence-electron chi connectivity index (χ4n) is 1.82. The third kappa shape index (κ3) is 3.78. The minimum Gasteiger partial charge on any atom is -0.378 e. The van der Waals surface area contributed by atoms with Gasteiger partial charge < -0.3 is 10.4 Å². The van der Waals surface area contributed by atoms with Crippen molar-refractivity contribution in [1.29, 1.82) is 0 Å². The number of carbonyl (C=O) groups excluding carboxylic acids is 1. The summed E-state index contributed by atoms with van der Waals surface area (Å²) in [7, 11) is 0. The quantitative estimate of drug-likeness (QED) is 0.893. The topological polar surface area (TPSA) is 49.3 Å². The van der Waals surface area contributed by atoms with Crippen LogP contribution in [0.25, 0.3) is 0 Å². The molecule has 22 heavy (non-hydrogen) atoms. The molecular weight excluding hydrogens is 319 g/mol. The van der Waals surface area contributed by atoms with Gasteiger partial charge in [0.25, 0.3) is 5.91 Å². The summed E-state index contributed by atoms with van der Waals surface area (Å²) < 4.78 is 38.2. The van der Waals surface area contributed by atoms with Crippen molar-refractivity contribution in [3.05, 3.63) is 64.7 Å². The van der Waals surface area contributed by atoms with E-state index in [1.165, 1.54) is 18.2 Å². The van der Waals surface area contributed by atoms with Crippen LogP contribution >= 0.6 is 11.6 Å². The number of alkyl halides is 3. The smallest absolute Gasteiger partial charge is 0.378 e. The zero-order valence-corrected chi connectivity index (χ0v) is 11.8. The van der Waals surface area contributed by atoms with E-state index in [0.717, 1.165) is 12.1 Å². The lowest BCUT2D eigenvalue weighted by Crippen LogP contribution is -2.21. The number of aliphatic hydroxyl groups is 1. The summed E-state index contributed by atoms with van der Waals surface area (Å²) in [5.41, 5.74) is -0.817. The van der Waals surface area contributed by atoms with Crippen LogP contribution in [0.1, 0.15) is 17.2 Å². The fourth-order valence-corrected chi connectivity index (χ4v) is 2.04. The van der Waals surface area contributed by atoms with E-state index < -0.39 is 28.8 Å². The second-order valence-corrected chi connectivity index (χ2v) is 4.90. The van der Waals surface area contributed by atoms with Crippen LogP contribution in [0.4, 0.5) is 18.9 Å². The average molecular weight is 330 g/mol. The van der Waals surface area contributed by atoms with Gasteiger partial charge in [0.1, 0.15) is 0 Å². The van der Waals surface area contributed by atoms with Crippen molar-refractivity contribution in [1.82, 2.24) is 0 Å². The Labute approximate surface area is 129 Å². The van der Waals surface area contributed by atoms with Crippen LogP contribution in [0.5, 0.6) is 0 Å². The molecule has 1 atom stereocenters. The third-order valence-electron chi connectivity index (χ3n) is 2.90. The zero-order valence-electron chi connectivity index (χ0n) is 11.1. The number of aliphatic hydroxyl groups excluding tert-OH is 1. The van der Waals surface area contributed by atoms with Gasteiger partial charge in [0.15, 0.2) is 6.10 Å². The number of carbonyl (C=O) groups is 1. The van der Waals surface area contributed by atoms with Crippen LogP contribution in [0.15, 0.2) is 48.5 Å². The highest BCUT2D eigenvalue weighted by Gasteiger charge is 2.33. The van der Waals surface area contributed by atoms with Gasteiger partial charge in [-0.15, -0.1) is 0 Å². The molecule has 2 rings (SSSR count). The lowest BCUT2D eigenvalue weighted by Gasteiger charge is -2.14. The normalized spacial score (nSPS) is 12.8. The number of benzene rings is 2. The van der Waals surface area contributed by atoms with E-state index in [-0.39, 0.29) is 5.69 Å². The molecule has 0 aromatic heterocycles. The van der Waals surface area contributed by atoms with Gasteiger partial charge in [-0.1, -0.05) is 41.9 Å². The summed E-state index contributed by atoms with van der Waals surface area (Å²) >= 11 is 5.49. The molecule has 3 nitrogen and oxygen atoms in total. The number of hydrogen-bond donors (Lipinski definition) is 2. The molecule has 116 valence electrons. The van der Waals surface area contributed by atoms with Gasteiger partial charge >= 0.3 is 6.18 Å². The molecule has 0 fully saturated rings. The maximum Gasteiger partial charge on any atom is 0.417 e. The average Bonchev–Trinajstić information content (AvgIpc) is 2.48. The van der Waals surface area contributed by atoms with Gasteiger partial charge in [-0.05, 0) is 23.8 Å². The Morgan fingerprint density at radius 1 is 1.14 bits per heavy atom. The number of hydrogen-bond acceptors (Lipinski definition) is 2. The molecule has 0 heterocycles. The highest BCUT2D eigenvalue weighted by molar-refractivity contribution is 6.31. The van der Waals surface area contributed by atoms with E-state index in [4.69, 9.17) is 11.6 Å². The fraction of sp³-hybridized carbons (Fsp3) is 0.133. The van der Waals surface area contributed by atoms with E-state index in [1.54, 1.807) is 18.2 Å². The first-order chi connectivity index (χ1) is 10.3. The molecule has 2 N–H and O–H groups in total. The first-order valence-corrected chi connectivity index (χ1v) is 6.57. The predicted molar refractivity (Wildman–Crippen MR) is 76.5 cm³/mol. The van der Waals surface area contributed by atoms with Gasteiger partial charge in [0.2, 0.25) is 0 Å². The van der Waals surface area contributed by atoms with E-state index in [9.17, 15) is 23.1 Å². The first kappa shape index (κ1) is 16.3. The third-order valence-corrected chi connectivity index (χ3v) is 3.23. The maximum absolute atomic E-state index is 12.7. The number of amides is 1. The standard InChI is InChI=1S/C15H11ClF3NO2/c16-12-7-6-10(8-11(12)15(17,18)19)20-14(22)13(21)9-4-2-1-3-5-9/h1-8,13,21H,(H,20,22)/t13-/m0/s1. The highest BCUT2D eigenvalue weighted by atomic mass is 35.5. The van der Waals surface area contributed by atoms with Gasteiger partial charge in [0.05, 0.1) is 10.6 Å². The van der Waals surface area contributed by atoms with Crippen molar-refractivity contribution in [3.8, 4) is 0 Å². The molecule has 0 aliphatic heterocycles. The molecule has 1 amide bonds. The molecule has 0 spiro atoms. The Hall–Kier alpha value is -2.05. The van der Waals surface area contributed by atoms with Crippen molar-refractivity contribution >= 4 is 23.2 Å². The monoisotopic (exact) mass is 329 g/mol. The maximum atomic E-state index is 12.7. The number of nitrogens with one attached hydrogen (secondary N) is 1. The van der Waals surface area contributed by atoms with E-state index >= 15 is 0 Å². The molecule has 0 unspecified atom stereocenters. The van der Waals surface area contributed by atoms with Gasteiger partial charge in [-0.2, -0.15) is 13.2 Å². The molecule has 0 aliphatic carbocycles. The van der Waals surface area contributed by atoms with Crippen molar-refractivity contribution in [2.75, 3.05) is 5.32 Å². The van der Waals surface area contributed by atoms with Gasteiger partial charge in [-0.3, -0.25) is 4.79 Å². The van der Waals surface area contributed by atoms with E-state index in [2.05, 4.69) is 5.32 Å². The summed E-state index contributed by atoms with van der Waals surface area (Å²) in [4.78, 5) is 11.9. The molecule has 2 aromatic carbocycles. The Balaban J connectivity index is 2.19. The van der Waals surface area contributed by atoms with Crippen LogP contribution < -0.4 is 5.32 Å². The highest BCUT2D eigenvalue weighted by Crippen LogP contribution is 2.36. The van der Waals surface area contributed by atoms with E-state index in [1.807, 2.05) is 0 Å². The number of rotatable bonds is 3. The molecule has 0 saturated carbocycles. The van der Waals surface area contributed by atoms with Crippen LogP contribution in [-0.4, -0.2) is 11.0 Å². The molecular formula is C15H11ClF3NO2. The number of anilines is 1. The van der Waals surface area contributed by atoms with Crippen molar-refractivity contribution < 1.29 is 23.1 Å². The SMILES string of the molecule is O=C(Nc1ccc(Cl)c(C(F)(F)F)c1)[C@@H](O)c1ccccc1. The first-order valence-electron chi connectivity index (χ1n) is 6.19. The van der Waals surface area contributed by atoms with E-state index in [0.29, 0.717) is 5.56 Å². The predicted octanol–water partition coefficient (Wildman–Crippen LogP) is 4.03. The Morgan fingerprint density at radius 2 is 1.77 bits per heavy atom. The number of halogens is 4. The Kier molecular flexibility index (Phi) is 4.73. The molecule has 0 radical (unpaired) electrons. The van der Waals surface area contributed by atoms with Crippen molar-refractivity contribution in [2.24, 2.45) is 0 Å². The van der Waals surface area contributed by atoms with Gasteiger partial charge in [0, 0.05) is 5.69 Å². The summed E-state index contributed by atoms with van der Waals surface area (Å²) in [5.74, 6) is -0.832. The molecule has 0 bridgehead atoms. The Morgan fingerprint density at radius 3 is 2.36 bits per heavy atom. The minimum absolute atomic E-state index is 0.100. The van der Waals surface area contributed by atoms with Crippen molar-refractivity contribution in [2.45, 2.75) is 12.3 Å². The molecule has 2 aromatic rings. The summed E-state index contributed by atoms with van der Waals surface area (Å²) in [6.07, 6.45) is -6.11. The molecule has 0 saturated heterocycles. The minimum atomic E-state index is -4.63. The summed E-state index contributed by atoms with van der Waals surface area (Å²) in [6, 6.07) is 11.0. The lowest BCUT2D eigenvalue weighted by atomic mass is 10.1. The summed E-state index contributed by atoms with van der Waals surface area (Å²) in [6.45, 7) is 0. The van der Waals surface area contributed by atoms with Crippen LogP contribution in [0, 0.1) is 0 Å².